The predicted octanol–water partition coefficient (Wildman–Crippen LogP) is 3.12. The SMILES string of the molecule is CC(C)(C)OC(=O)N1CC(SC2CCCC2)C[C@H]1C(=O)O. The Morgan fingerprint density at radius 2 is 1.81 bits per heavy atom. The average molecular weight is 315 g/mol. The number of carbonyl (C=O) groups is 2. The monoisotopic (exact) mass is 315 g/mol. The van der Waals surface area contributed by atoms with Crippen LogP contribution in [0.15, 0.2) is 0 Å². The maximum atomic E-state index is 12.2. The third-order valence-electron chi connectivity index (χ3n) is 3.86. The summed E-state index contributed by atoms with van der Waals surface area (Å²) in [6, 6.07) is -0.751. The summed E-state index contributed by atoms with van der Waals surface area (Å²) in [6.07, 6.45) is 4.97. The summed E-state index contributed by atoms with van der Waals surface area (Å²) in [4.78, 5) is 25.0. The largest absolute Gasteiger partial charge is 0.480 e. The highest BCUT2D eigenvalue weighted by atomic mass is 32.2. The summed E-state index contributed by atoms with van der Waals surface area (Å²) in [6.45, 7) is 5.86. The van der Waals surface area contributed by atoms with Crippen molar-refractivity contribution in [2.24, 2.45) is 0 Å². The normalized spacial score (nSPS) is 27.1. The van der Waals surface area contributed by atoms with E-state index in [0.717, 1.165) is 0 Å². The number of hydrogen-bond acceptors (Lipinski definition) is 4. The number of nitrogens with zero attached hydrogens (tertiary/aromatic N) is 1. The molecule has 1 aliphatic carbocycles. The highest BCUT2D eigenvalue weighted by molar-refractivity contribution is 8.00. The van der Waals surface area contributed by atoms with Crippen molar-refractivity contribution >= 4 is 23.8 Å². The zero-order valence-electron chi connectivity index (χ0n) is 13.0. The van der Waals surface area contributed by atoms with Crippen LogP contribution in [0.1, 0.15) is 52.9 Å². The Hall–Kier alpha value is -0.910. The quantitative estimate of drug-likeness (QED) is 0.866. The van der Waals surface area contributed by atoms with Crippen molar-refractivity contribution in [3.8, 4) is 0 Å². The molecule has 2 aliphatic rings. The van der Waals surface area contributed by atoms with E-state index < -0.39 is 23.7 Å². The van der Waals surface area contributed by atoms with Gasteiger partial charge in [0.05, 0.1) is 0 Å². The molecule has 6 heteroatoms. The molecule has 21 heavy (non-hydrogen) atoms. The molecule has 0 aromatic rings. The minimum Gasteiger partial charge on any atom is -0.480 e. The summed E-state index contributed by atoms with van der Waals surface area (Å²) in [7, 11) is 0. The fraction of sp³-hybridized carbons (Fsp3) is 0.867. The Bertz CT molecular complexity index is 401. The van der Waals surface area contributed by atoms with Gasteiger partial charge in [-0.05, 0) is 40.0 Å². The first-order chi connectivity index (χ1) is 9.76. The van der Waals surface area contributed by atoms with Gasteiger partial charge >= 0.3 is 12.1 Å². The van der Waals surface area contributed by atoms with Crippen LogP contribution < -0.4 is 0 Å². The van der Waals surface area contributed by atoms with E-state index in [-0.39, 0.29) is 5.25 Å². The van der Waals surface area contributed by atoms with Crippen LogP contribution in [0.2, 0.25) is 0 Å². The van der Waals surface area contributed by atoms with Gasteiger partial charge in [0.25, 0.3) is 0 Å². The smallest absolute Gasteiger partial charge is 0.411 e. The van der Waals surface area contributed by atoms with Crippen molar-refractivity contribution in [2.45, 2.75) is 75.0 Å². The van der Waals surface area contributed by atoms with Crippen LogP contribution in [0.4, 0.5) is 4.79 Å². The van der Waals surface area contributed by atoms with Crippen molar-refractivity contribution in [1.82, 2.24) is 4.90 Å². The van der Waals surface area contributed by atoms with Gasteiger partial charge in [-0.1, -0.05) is 12.8 Å². The molecule has 1 aliphatic heterocycles. The Labute approximate surface area is 130 Å². The molecule has 1 N–H and O–H groups in total. The van der Waals surface area contributed by atoms with Crippen LogP contribution in [0.3, 0.4) is 0 Å². The second-order valence-electron chi connectivity index (χ2n) is 6.89. The standard InChI is InChI=1S/C15H25NO4S/c1-15(2,3)20-14(19)16-9-11(8-12(16)13(17)18)21-10-6-4-5-7-10/h10-12H,4-9H2,1-3H3,(H,17,18)/t11?,12-/m0/s1. The lowest BCUT2D eigenvalue weighted by Crippen LogP contribution is -2.43. The molecule has 2 fully saturated rings. The number of aliphatic carboxylic acids is 1. The lowest BCUT2D eigenvalue weighted by Gasteiger charge is -2.26. The molecule has 120 valence electrons. The molecule has 0 aromatic heterocycles. The maximum Gasteiger partial charge on any atom is 0.411 e. The third-order valence-corrected chi connectivity index (χ3v) is 5.45. The third kappa shape index (κ3) is 4.53. The first-order valence-corrected chi connectivity index (χ1v) is 8.58. The number of carboxylic acids is 1. The van der Waals surface area contributed by atoms with Gasteiger partial charge in [-0.25, -0.2) is 9.59 Å². The van der Waals surface area contributed by atoms with Crippen molar-refractivity contribution < 1.29 is 19.4 Å². The van der Waals surface area contributed by atoms with E-state index in [2.05, 4.69) is 0 Å². The first kappa shape index (κ1) is 16.5. The van der Waals surface area contributed by atoms with Crippen LogP contribution in [0, 0.1) is 0 Å². The molecule has 5 nitrogen and oxygen atoms in total. The maximum absolute atomic E-state index is 12.2. The van der Waals surface area contributed by atoms with Gasteiger partial charge in [0, 0.05) is 17.0 Å². The highest BCUT2D eigenvalue weighted by Crippen LogP contribution is 2.37. The summed E-state index contributed by atoms with van der Waals surface area (Å²) < 4.78 is 5.33. The second kappa shape index (κ2) is 6.46. The van der Waals surface area contributed by atoms with E-state index in [1.54, 1.807) is 20.8 Å². The van der Waals surface area contributed by atoms with Crippen molar-refractivity contribution in [1.29, 1.82) is 0 Å². The molecule has 0 spiro atoms. The number of amides is 1. The number of likely N-dealkylation sites (tertiary alicyclic amines) is 1. The number of carboxylic acid groups (broad SMARTS) is 1. The van der Waals surface area contributed by atoms with E-state index in [1.165, 1.54) is 30.6 Å². The summed E-state index contributed by atoms with van der Waals surface area (Å²) in [5, 5.41) is 10.2. The van der Waals surface area contributed by atoms with E-state index >= 15 is 0 Å². The Kier molecular flexibility index (Phi) is 5.07. The topological polar surface area (TPSA) is 66.8 Å². The van der Waals surface area contributed by atoms with Gasteiger partial charge in [-0.2, -0.15) is 11.8 Å². The van der Waals surface area contributed by atoms with Crippen LogP contribution in [-0.4, -0.2) is 50.8 Å². The molecule has 1 saturated carbocycles. The Morgan fingerprint density at radius 3 is 2.33 bits per heavy atom. The fourth-order valence-electron chi connectivity index (χ4n) is 2.95. The molecule has 2 rings (SSSR count). The average Bonchev–Trinajstić information content (AvgIpc) is 2.96. The lowest BCUT2D eigenvalue weighted by atomic mass is 10.2. The zero-order valence-corrected chi connectivity index (χ0v) is 13.8. The highest BCUT2D eigenvalue weighted by Gasteiger charge is 2.42. The van der Waals surface area contributed by atoms with E-state index in [9.17, 15) is 14.7 Å². The van der Waals surface area contributed by atoms with Crippen molar-refractivity contribution in [3.05, 3.63) is 0 Å². The first-order valence-electron chi connectivity index (χ1n) is 7.64. The fourth-order valence-corrected chi connectivity index (χ4v) is 4.64. The van der Waals surface area contributed by atoms with Crippen LogP contribution in [-0.2, 0) is 9.53 Å². The molecule has 0 aromatic carbocycles. The summed E-state index contributed by atoms with van der Waals surface area (Å²) >= 11 is 1.86. The van der Waals surface area contributed by atoms with E-state index in [1.807, 2.05) is 11.8 Å². The summed E-state index contributed by atoms with van der Waals surface area (Å²) in [5.41, 5.74) is -0.600. The zero-order chi connectivity index (χ0) is 15.6. The van der Waals surface area contributed by atoms with Gasteiger partial charge in [0.2, 0.25) is 0 Å². The van der Waals surface area contributed by atoms with Gasteiger partial charge in [-0.15, -0.1) is 0 Å². The number of rotatable bonds is 3. The van der Waals surface area contributed by atoms with E-state index in [0.29, 0.717) is 18.2 Å². The molecule has 2 atom stereocenters. The van der Waals surface area contributed by atoms with E-state index in [4.69, 9.17) is 4.74 Å². The van der Waals surface area contributed by atoms with Crippen LogP contribution in [0.25, 0.3) is 0 Å². The molecule has 1 heterocycles. The van der Waals surface area contributed by atoms with Gasteiger partial charge in [-0.3, -0.25) is 4.90 Å². The molecular weight excluding hydrogens is 290 g/mol. The van der Waals surface area contributed by atoms with Crippen LogP contribution in [0.5, 0.6) is 0 Å². The number of ether oxygens (including phenoxy) is 1. The molecular formula is C15H25NO4S. The van der Waals surface area contributed by atoms with Crippen LogP contribution >= 0.6 is 11.8 Å². The van der Waals surface area contributed by atoms with Crippen molar-refractivity contribution in [3.63, 3.8) is 0 Å². The van der Waals surface area contributed by atoms with Crippen molar-refractivity contribution in [2.75, 3.05) is 6.54 Å². The minimum atomic E-state index is -0.935. The second-order valence-corrected chi connectivity index (χ2v) is 8.49. The molecule has 1 amide bonds. The molecule has 1 unspecified atom stereocenters. The molecule has 0 bridgehead atoms. The number of hydrogen-bond donors (Lipinski definition) is 1. The van der Waals surface area contributed by atoms with Gasteiger partial charge in [0.15, 0.2) is 0 Å². The Morgan fingerprint density at radius 1 is 1.19 bits per heavy atom. The number of thioether (sulfide) groups is 1. The molecule has 1 saturated heterocycles. The van der Waals surface area contributed by atoms with Gasteiger partial charge in [0.1, 0.15) is 11.6 Å². The predicted molar refractivity (Wildman–Crippen MR) is 82.6 cm³/mol. The molecule has 0 radical (unpaired) electrons. The van der Waals surface area contributed by atoms with Gasteiger partial charge < -0.3 is 9.84 Å². The summed E-state index contributed by atoms with van der Waals surface area (Å²) in [5.74, 6) is -0.935. The number of carbonyl (C=O) groups excluding carboxylic acids is 1. The lowest BCUT2D eigenvalue weighted by molar-refractivity contribution is -0.142. The minimum absolute atomic E-state index is 0.210. The Balaban J connectivity index is 1.97.